The Bertz CT molecular complexity index is 579. The van der Waals surface area contributed by atoms with Crippen molar-refractivity contribution in [3.63, 3.8) is 0 Å². The fourth-order valence-corrected chi connectivity index (χ4v) is 2.32. The SMILES string of the molecule is COCc1nc2cc(F)c(N3CCNCC3)cc2o1. The number of ether oxygens (including phenoxy) is 1. The highest BCUT2D eigenvalue weighted by Crippen LogP contribution is 2.27. The van der Waals surface area contributed by atoms with Crippen LogP contribution in [0.4, 0.5) is 10.1 Å². The number of piperazine rings is 1. The first-order chi connectivity index (χ1) is 9.28. The molecule has 1 aliphatic rings. The first kappa shape index (κ1) is 12.4. The molecule has 1 aromatic carbocycles. The van der Waals surface area contributed by atoms with Crippen molar-refractivity contribution in [2.75, 3.05) is 38.2 Å². The van der Waals surface area contributed by atoms with E-state index in [4.69, 9.17) is 9.15 Å². The lowest BCUT2D eigenvalue weighted by molar-refractivity contribution is 0.161. The Labute approximate surface area is 110 Å². The number of nitrogens with zero attached hydrogens (tertiary/aromatic N) is 2. The molecule has 1 N–H and O–H groups in total. The summed E-state index contributed by atoms with van der Waals surface area (Å²) >= 11 is 0. The molecule has 2 heterocycles. The van der Waals surface area contributed by atoms with Crippen molar-refractivity contribution in [2.24, 2.45) is 0 Å². The molecule has 1 aliphatic heterocycles. The lowest BCUT2D eigenvalue weighted by atomic mass is 10.2. The number of halogens is 1. The van der Waals surface area contributed by atoms with E-state index in [1.807, 2.05) is 4.90 Å². The second-order valence-corrected chi connectivity index (χ2v) is 4.55. The van der Waals surface area contributed by atoms with Crippen LogP contribution < -0.4 is 10.2 Å². The third kappa shape index (κ3) is 2.41. The van der Waals surface area contributed by atoms with Gasteiger partial charge in [0.05, 0.1) is 5.69 Å². The molecule has 5 nitrogen and oxygen atoms in total. The molecule has 0 aliphatic carbocycles. The Morgan fingerprint density at radius 3 is 2.95 bits per heavy atom. The average Bonchev–Trinajstić information content (AvgIpc) is 2.80. The Balaban J connectivity index is 1.97. The lowest BCUT2D eigenvalue weighted by Gasteiger charge is -2.29. The number of aromatic nitrogens is 1. The molecule has 19 heavy (non-hydrogen) atoms. The van der Waals surface area contributed by atoms with Gasteiger partial charge < -0.3 is 19.4 Å². The number of rotatable bonds is 3. The summed E-state index contributed by atoms with van der Waals surface area (Å²) in [5, 5.41) is 3.25. The molecule has 0 spiro atoms. The van der Waals surface area contributed by atoms with Crippen LogP contribution >= 0.6 is 0 Å². The van der Waals surface area contributed by atoms with Crippen molar-refractivity contribution in [2.45, 2.75) is 6.61 Å². The number of anilines is 1. The van der Waals surface area contributed by atoms with E-state index in [1.54, 1.807) is 13.2 Å². The molecule has 0 unspecified atom stereocenters. The minimum atomic E-state index is -0.258. The van der Waals surface area contributed by atoms with Gasteiger partial charge >= 0.3 is 0 Å². The molecule has 0 bridgehead atoms. The highest BCUT2D eigenvalue weighted by molar-refractivity contribution is 5.78. The first-order valence-corrected chi connectivity index (χ1v) is 6.31. The number of fused-ring (bicyclic) bond motifs is 1. The van der Waals surface area contributed by atoms with Crippen molar-refractivity contribution in [3.8, 4) is 0 Å². The van der Waals surface area contributed by atoms with Crippen LogP contribution in [0.25, 0.3) is 11.1 Å². The maximum absolute atomic E-state index is 14.1. The minimum absolute atomic E-state index is 0.258. The quantitative estimate of drug-likeness (QED) is 0.912. The van der Waals surface area contributed by atoms with Gasteiger partial charge in [-0.25, -0.2) is 9.37 Å². The number of hydrogen-bond donors (Lipinski definition) is 1. The zero-order valence-electron chi connectivity index (χ0n) is 10.8. The van der Waals surface area contributed by atoms with E-state index in [2.05, 4.69) is 10.3 Å². The number of hydrogen-bond acceptors (Lipinski definition) is 5. The summed E-state index contributed by atoms with van der Waals surface area (Å²) in [6.07, 6.45) is 0. The number of oxazole rings is 1. The van der Waals surface area contributed by atoms with Crippen LogP contribution in [0.2, 0.25) is 0 Å². The van der Waals surface area contributed by atoms with Gasteiger partial charge in [0, 0.05) is 45.4 Å². The molecule has 0 saturated carbocycles. The van der Waals surface area contributed by atoms with Crippen molar-refractivity contribution < 1.29 is 13.5 Å². The van der Waals surface area contributed by atoms with E-state index >= 15 is 0 Å². The summed E-state index contributed by atoms with van der Waals surface area (Å²) in [6, 6.07) is 3.15. The molecular formula is C13H16FN3O2. The Morgan fingerprint density at radius 1 is 1.42 bits per heavy atom. The van der Waals surface area contributed by atoms with Crippen LogP contribution in [0.3, 0.4) is 0 Å². The molecule has 0 amide bonds. The van der Waals surface area contributed by atoms with Crippen molar-refractivity contribution in [1.82, 2.24) is 10.3 Å². The van der Waals surface area contributed by atoms with Gasteiger partial charge in [0.2, 0.25) is 5.89 Å². The number of nitrogens with one attached hydrogen (secondary N) is 1. The molecule has 1 saturated heterocycles. The van der Waals surface area contributed by atoms with Crippen LogP contribution in [-0.2, 0) is 11.3 Å². The summed E-state index contributed by atoms with van der Waals surface area (Å²) in [5.74, 6) is 0.209. The summed E-state index contributed by atoms with van der Waals surface area (Å²) < 4.78 is 24.6. The van der Waals surface area contributed by atoms with E-state index in [1.165, 1.54) is 6.07 Å². The van der Waals surface area contributed by atoms with Gasteiger partial charge in [0.15, 0.2) is 5.58 Å². The van der Waals surface area contributed by atoms with Gasteiger partial charge in [-0.2, -0.15) is 0 Å². The predicted molar refractivity (Wildman–Crippen MR) is 69.8 cm³/mol. The molecule has 1 aromatic heterocycles. The van der Waals surface area contributed by atoms with Crippen LogP contribution in [0, 0.1) is 5.82 Å². The van der Waals surface area contributed by atoms with Gasteiger partial charge in [-0.1, -0.05) is 0 Å². The summed E-state index contributed by atoms with van der Waals surface area (Å²) in [7, 11) is 1.57. The average molecular weight is 265 g/mol. The van der Waals surface area contributed by atoms with E-state index in [0.717, 1.165) is 26.2 Å². The lowest BCUT2D eigenvalue weighted by Crippen LogP contribution is -2.43. The van der Waals surface area contributed by atoms with Gasteiger partial charge in [-0.3, -0.25) is 0 Å². The van der Waals surface area contributed by atoms with E-state index in [0.29, 0.717) is 29.3 Å². The second kappa shape index (κ2) is 5.14. The molecule has 2 aromatic rings. The number of benzene rings is 1. The Hall–Kier alpha value is -1.66. The normalized spacial score (nSPS) is 16.2. The van der Waals surface area contributed by atoms with Gasteiger partial charge in [0.25, 0.3) is 0 Å². The van der Waals surface area contributed by atoms with E-state index in [9.17, 15) is 4.39 Å². The molecule has 0 radical (unpaired) electrons. The molecule has 3 rings (SSSR count). The molecule has 1 fully saturated rings. The molecule has 0 atom stereocenters. The Kier molecular flexibility index (Phi) is 3.35. The van der Waals surface area contributed by atoms with Gasteiger partial charge in [-0.05, 0) is 0 Å². The third-order valence-corrected chi connectivity index (χ3v) is 3.23. The van der Waals surface area contributed by atoms with E-state index in [-0.39, 0.29) is 5.82 Å². The predicted octanol–water partition coefficient (Wildman–Crippen LogP) is 1.52. The highest BCUT2D eigenvalue weighted by atomic mass is 19.1. The third-order valence-electron chi connectivity index (χ3n) is 3.23. The van der Waals surface area contributed by atoms with Crippen molar-refractivity contribution in [3.05, 3.63) is 23.8 Å². The smallest absolute Gasteiger partial charge is 0.221 e. The maximum atomic E-state index is 14.1. The second-order valence-electron chi connectivity index (χ2n) is 4.55. The largest absolute Gasteiger partial charge is 0.438 e. The zero-order chi connectivity index (χ0) is 13.2. The maximum Gasteiger partial charge on any atom is 0.221 e. The van der Waals surface area contributed by atoms with Crippen LogP contribution in [0.15, 0.2) is 16.5 Å². The molecule has 6 heteroatoms. The zero-order valence-corrected chi connectivity index (χ0v) is 10.8. The Morgan fingerprint density at radius 2 is 2.21 bits per heavy atom. The van der Waals surface area contributed by atoms with Gasteiger partial charge in [-0.15, -0.1) is 0 Å². The highest BCUT2D eigenvalue weighted by Gasteiger charge is 2.17. The monoisotopic (exact) mass is 265 g/mol. The molecule has 102 valence electrons. The van der Waals surface area contributed by atoms with E-state index < -0.39 is 0 Å². The van der Waals surface area contributed by atoms with Crippen molar-refractivity contribution >= 4 is 16.8 Å². The topological polar surface area (TPSA) is 50.5 Å². The summed E-state index contributed by atoms with van der Waals surface area (Å²) in [4.78, 5) is 6.20. The fraction of sp³-hybridized carbons (Fsp3) is 0.462. The van der Waals surface area contributed by atoms with Crippen LogP contribution in [0.1, 0.15) is 5.89 Å². The standard InChI is InChI=1S/C13H16FN3O2/c1-18-8-13-16-10-6-9(14)11(7-12(10)19-13)17-4-2-15-3-5-17/h6-7,15H,2-5,8H2,1H3. The van der Waals surface area contributed by atoms with Crippen molar-refractivity contribution in [1.29, 1.82) is 0 Å². The van der Waals surface area contributed by atoms with Gasteiger partial charge in [0.1, 0.15) is 17.9 Å². The summed E-state index contributed by atoms with van der Waals surface area (Å²) in [5.41, 5.74) is 1.71. The number of methoxy groups -OCH3 is 1. The van der Waals surface area contributed by atoms with Crippen LogP contribution in [0.5, 0.6) is 0 Å². The fourth-order valence-electron chi connectivity index (χ4n) is 2.32. The first-order valence-electron chi connectivity index (χ1n) is 6.31. The summed E-state index contributed by atoms with van der Waals surface area (Å²) in [6.45, 7) is 3.61. The van der Waals surface area contributed by atoms with Crippen LogP contribution in [-0.4, -0.2) is 38.3 Å². The molecular weight excluding hydrogens is 249 g/mol. The minimum Gasteiger partial charge on any atom is -0.438 e.